The van der Waals surface area contributed by atoms with Crippen molar-refractivity contribution in [3.8, 4) is 11.3 Å². The van der Waals surface area contributed by atoms with Crippen LogP contribution in [0.3, 0.4) is 0 Å². The molecule has 1 heterocycles. The van der Waals surface area contributed by atoms with Gasteiger partial charge in [-0.05, 0) is 18.2 Å². The maximum atomic E-state index is 11.5. The van der Waals surface area contributed by atoms with Gasteiger partial charge in [-0.2, -0.15) is 0 Å². The van der Waals surface area contributed by atoms with Crippen molar-refractivity contribution < 1.29 is 19.8 Å². The van der Waals surface area contributed by atoms with Crippen molar-refractivity contribution in [2.75, 3.05) is 0 Å². The molecule has 0 aliphatic carbocycles. The monoisotopic (exact) mass is 293 g/mol. The van der Waals surface area contributed by atoms with Crippen molar-refractivity contribution >= 4 is 22.8 Å². The molecule has 0 radical (unpaired) electrons. The number of rotatable bonds is 3. The van der Waals surface area contributed by atoms with E-state index in [9.17, 15) is 19.8 Å². The molecule has 0 aliphatic rings. The number of nitrogens with zero attached hydrogens (tertiary/aromatic N) is 1. The minimum absolute atomic E-state index is 0.250. The number of benzene rings is 2. The fraction of sp³-hybridized carbons (Fsp3) is 0. The number of hydrogen-bond donors (Lipinski definition) is 2. The van der Waals surface area contributed by atoms with Crippen LogP contribution in [0.4, 0.5) is 0 Å². The maximum absolute atomic E-state index is 11.5. The van der Waals surface area contributed by atoms with E-state index in [2.05, 4.69) is 4.98 Å². The molecule has 22 heavy (non-hydrogen) atoms. The van der Waals surface area contributed by atoms with Crippen molar-refractivity contribution in [3.63, 3.8) is 0 Å². The highest BCUT2D eigenvalue weighted by Crippen LogP contribution is 2.27. The average Bonchev–Trinajstić information content (AvgIpc) is 2.53. The number of aromatic carboxylic acids is 2. The molecule has 1 aromatic heterocycles. The van der Waals surface area contributed by atoms with Crippen molar-refractivity contribution in [1.82, 2.24) is 4.98 Å². The fourth-order valence-electron chi connectivity index (χ4n) is 2.39. The molecule has 2 N–H and O–H groups in total. The lowest BCUT2D eigenvalue weighted by Crippen LogP contribution is -2.10. The van der Waals surface area contributed by atoms with Crippen molar-refractivity contribution in [2.45, 2.75) is 0 Å². The first-order valence-corrected chi connectivity index (χ1v) is 6.53. The van der Waals surface area contributed by atoms with E-state index in [1.807, 2.05) is 30.3 Å². The lowest BCUT2D eigenvalue weighted by Gasteiger charge is -2.09. The van der Waals surface area contributed by atoms with Gasteiger partial charge in [0.25, 0.3) is 0 Å². The van der Waals surface area contributed by atoms with Gasteiger partial charge in [-0.3, -0.25) is 0 Å². The number of fused-ring (bicyclic) bond motifs is 1. The first-order chi connectivity index (χ1) is 10.6. The molecular formula is C17H11NO4. The zero-order valence-corrected chi connectivity index (χ0v) is 11.4. The van der Waals surface area contributed by atoms with E-state index in [-0.39, 0.29) is 16.7 Å². The van der Waals surface area contributed by atoms with Crippen LogP contribution >= 0.6 is 0 Å². The van der Waals surface area contributed by atoms with E-state index >= 15 is 0 Å². The zero-order valence-electron chi connectivity index (χ0n) is 11.4. The number of carboxylic acid groups (broad SMARTS) is 2. The average molecular weight is 293 g/mol. The Labute approximate surface area is 125 Å². The van der Waals surface area contributed by atoms with Gasteiger partial charge < -0.3 is 10.2 Å². The van der Waals surface area contributed by atoms with Crippen LogP contribution in [0.25, 0.3) is 22.2 Å². The SMILES string of the molecule is O=C(O)c1cccc(-c2ccc3ccccc3n2)c1C(=O)O. The molecule has 5 heteroatoms. The number of aromatic nitrogens is 1. The molecule has 0 spiro atoms. The molecule has 3 aromatic rings. The molecule has 2 aromatic carbocycles. The summed E-state index contributed by atoms with van der Waals surface area (Å²) in [6.07, 6.45) is 0. The van der Waals surface area contributed by atoms with Gasteiger partial charge in [0.05, 0.1) is 22.3 Å². The van der Waals surface area contributed by atoms with Gasteiger partial charge in [-0.1, -0.05) is 36.4 Å². The number of pyridine rings is 1. The number of carboxylic acids is 2. The van der Waals surface area contributed by atoms with Crippen LogP contribution in [-0.4, -0.2) is 27.1 Å². The van der Waals surface area contributed by atoms with E-state index < -0.39 is 11.9 Å². The fourth-order valence-corrected chi connectivity index (χ4v) is 2.39. The molecule has 0 bridgehead atoms. The molecule has 5 nitrogen and oxygen atoms in total. The van der Waals surface area contributed by atoms with E-state index in [0.717, 1.165) is 10.9 Å². The van der Waals surface area contributed by atoms with E-state index in [4.69, 9.17) is 0 Å². The Morgan fingerprint density at radius 3 is 2.32 bits per heavy atom. The second kappa shape index (κ2) is 5.29. The molecule has 0 amide bonds. The Morgan fingerprint density at radius 1 is 0.818 bits per heavy atom. The molecule has 3 rings (SSSR count). The highest BCUT2D eigenvalue weighted by molar-refractivity contribution is 6.06. The predicted molar refractivity (Wildman–Crippen MR) is 81.1 cm³/mol. The first-order valence-electron chi connectivity index (χ1n) is 6.53. The minimum atomic E-state index is -1.29. The Morgan fingerprint density at radius 2 is 1.59 bits per heavy atom. The Hall–Kier alpha value is -3.21. The van der Waals surface area contributed by atoms with Gasteiger partial charge >= 0.3 is 11.9 Å². The molecule has 0 saturated heterocycles. The normalized spacial score (nSPS) is 10.5. The lowest BCUT2D eigenvalue weighted by molar-refractivity contribution is 0.0652. The number of para-hydroxylation sites is 1. The summed E-state index contributed by atoms with van der Waals surface area (Å²) in [6.45, 7) is 0. The highest BCUT2D eigenvalue weighted by atomic mass is 16.4. The predicted octanol–water partition coefficient (Wildman–Crippen LogP) is 3.30. The minimum Gasteiger partial charge on any atom is -0.478 e. The third-order valence-corrected chi connectivity index (χ3v) is 3.38. The number of carbonyl (C=O) groups is 2. The van der Waals surface area contributed by atoms with Gasteiger partial charge in [-0.25, -0.2) is 14.6 Å². The Balaban J connectivity index is 2.28. The Bertz CT molecular complexity index is 902. The van der Waals surface area contributed by atoms with Crippen LogP contribution in [0.1, 0.15) is 20.7 Å². The van der Waals surface area contributed by atoms with Crippen LogP contribution in [0, 0.1) is 0 Å². The van der Waals surface area contributed by atoms with Crippen LogP contribution < -0.4 is 0 Å². The second-order valence-electron chi connectivity index (χ2n) is 4.73. The smallest absolute Gasteiger partial charge is 0.337 e. The summed E-state index contributed by atoms with van der Waals surface area (Å²) in [5.41, 5.74) is 0.937. The highest BCUT2D eigenvalue weighted by Gasteiger charge is 2.21. The van der Waals surface area contributed by atoms with Gasteiger partial charge in [0, 0.05) is 10.9 Å². The summed E-state index contributed by atoms with van der Waals surface area (Å²) in [5, 5.41) is 19.5. The van der Waals surface area contributed by atoms with E-state index in [1.54, 1.807) is 12.1 Å². The standard InChI is InChI=1S/C17H11NO4/c19-16(20)12-6-3-5-11(15(12)17(21)22)14-9-8-10-4-1-2-7-13(10)18-14/h1-9H,(H,19,20)(H,21,22). The third kappa shape index (κ3) is 2.29. The molecular weight excluding hydrogens is 282 g/mol. The topological polar surface area (TPSA) is 87.5 Å². The van der Waals surface area contributed by atoms with Gasteiger partial charge in [0.15, 0.2) is 0 Å². The first kappa shape index (κ1) is 13.8. The summed E-state index contributed by atoms with van der Waals surface area (Å²) in [6, 6.07) is 15.3. The summed E-state index contributed by atoms with van der Waals surface area (Å²) in [7, 11) is 0. The molecule has 0 atom stereocenters. The summed E-state index contributed by atoms with van der Waals surface area (Å²) in [5.74, 6) is -2.57. The second-order valence-corrected chi connectivity index (χ2v) is 4.73. The maximum Gasteiger partial charge on any atom is 0.337 e. The van der Waals surface area contributed by atoms with E-state index in [0.29, 0.717) is 5.69 Å². The lowest BCUT2D eigenvalue weighted by atomic mass is 9.98. The molecule has 0 fully saturated rings. The molecule has 0 unspecified atom stereocenters. The van der Waals surface area contributed by atoms with Crippen LogP contribution in [-0.2, 0) is 0 Å². The van der Waals surface area contributed by atoms with Gasteiger partial charge in [0.2, 0.25) is 0 Å². The van der Waals surface area contributed by atoms with Crippen molar-refractivity contribution in [1.29, 1.82) is 0 Å². The third-order valence-electron chi connectivity index (χ3n) is 3.38. The van der Waals surface area contributed by atoms with Crippen molar-refractivity contribution in [3.05, 3.63) is 65.7 Å². The summed E-state index contributed by atoms with van der Waals surface area (Å²) < 4.78 is 0. The van der Waals surface area contributed by atoms with E-state index in [1.165, 1.54) is 12.1 Å². The molecule has 0 aliphatic heterocycles. The van der Waals surface area contributed by atoms with Gasteiger partial charge in [0.1, 0.15) is 0 Å². The number of hydrogen-bond acceptors (Lipinski definition) is 3. The summed E-state index contributed by atoms with van der Waals surface area (Å²) in [4.78, 5) is 27.2. The zero-order chi connectivity index (χ0) is 15.7. The molecule has 108 valence electrons. The quantitative estimate of drug-likeness (QED) is 0.773. The summed E-state index contributed by atoms with van der Waals surface area (Å²) >= 11 is 0. The van der Waals surface area contributed by atoms with Crippen LogP contribution in [0.2, 0.25) is 0 Å². The van der Waals surface area contributed by atoms with Gasteiger partial charge in [-0.15, -0.1) is 0 Å². The van der Waals surface area contributed by atoms with Crippen LogP contribution in [0.5, 0.6) is 0 Å². The Kier molecular flexibility index (Phi) is 3.31. The molecule has 0 saturated carbocycles. The van der Waals surface area contributed by atoms with Crippen molar-refractivity contribution in [2.24, 2.45) is 0 Å². The largest absolute Gasteiger partial charge is 0.478 e. The van der Waals surface area contributed by atoms with Crippen LogP contribution in [0.15, 0.2) is 54.6 Å².